The molecule has 0 atom stereocenters. The van der Waals surface area contributed by atoms with Crippen LogP contribution in [0.2, 0.25) is 0 Å². The van der Waals surface area contributed by atoms with Crippen molar-refractivity contribution in [3.8, 4) is 0 Å². The molecule has 3 N–H and O–H groups in total. The molecule has 0 unspecified atom stereocenters. The molecule has 0 radical (unpaired) electrons. The highest BCUT2D eigenvalue weighted by atomic mass is 79.9. The van der Waals surface area contributed by atoms with Gasteiger partial charge in [-0.3, -0.25) is 0 Å². The van der Waals surface area contributed by atoms with Gasteiger partial charge >= 0.3 is 7.94 Å². The van der Waals surface area contributed by atoms with Crippen LogP contribution >= 0.6 is 23.9 Å². The first kappa shape index (κ1) is 9.10. The Morgan fingerprint density at radius 3 is 1.82 bits per heavy atom. The van der Waals surface area contributed by atoms with Crippen LogP contribution in [0.15, 0.2) is 28.7 Å². The number of hydrogen-bond donors (Lipinski definition) is 3. The molecule has 60 valence electrons. The molecular formula is C6H7BrO3P+. The maximum absolute atomic E-state index is 8.79. The van der Waals surface area contributed by atoms with Crippen molar-refractivity contribution in [3.05, 3.63) is 28.7 Å². The van der Waals surface area contributed by atoms with Crippen LogP contribution in [0.4, 0.5) is 0 Å². The van der Waals surface area contributed by atoms with Crippen LogP contribution in [-0.4, -0.2) is 14.7 Å². The number of benzene rings is 1. The van der Waals surface area contributed by atoms with Crippen molar-refractivity contribution in [3.63, 3.8) is 0 Å². The molecule has 0 saturated heterocycles. The van der Waals surface area contributed by atoms with Crippen LogP contribution in [-0.2, 0) is 0 Å². The Hall–Kier alpha value is 0.0100. The van der Waals surface area contributed by atoms with E-state index in [1.54, 1.807) is 12.1 Å². The lowest BCUT2D eigenvalue weighted by molar-refractivity contribution is 0.347. The molecule has 1 aromatic rings. The first-order chi connectivity index (χ1) is 5.00. The summed E-state index contributed by atoms with van der Waals surface area (Å²) >= 11 is 3.18. The zero-order valence-electron chi connectivity index (χ0n) is 5.48. The van der Waals surface area contributed by atoms with E-state index in [0.29, 0.717) is 0 Å². The molecule has 0 bridgehead atoms. The summed E-state index contributed by atoms with van der Waals surface area (Å²) in [6.45, 7) is 0. The van der Waals surface area contributed by atoms with Crippen LogP contribution < -0.4 is 5.30 Å². The average molecular weight is 238 g/mol. The second kappa shape index (κ2) is 3.17. The summed E-state index contributed by atoms with van der Waals surface area (Å²) in [4.78, 5) is 26.4. The average Bonchev–Trinajstić information content (AvgIpc) is 1.86. The molecule has 0 heterocycles. The Kier molecular flexibility index (Phi) is 2.62. The molecule has 0 fully saturated rings. The Bertz CT molecular complexity index is 241. The van der Waals surface area contributed by atoms with Gasteiger partial charge in [0.2, 0.25) is 0 Å². The van der Waals surface area contributed by atoms with E-state index in [0.717, 1.165) is 4.47 Å². The molecule has 0 aliphatic carbocycles. The summed E-state index contributed by atoms with van der Waals surface area (Å²) in [5, 5.41) is 0.153. The highest BCUT2D eigenvalue weighted by Gasteiger charge is 2.33. The predicted octanol–water partition coefficient (Wildman–Crippen LogP) is 0.814. The van der Waals surface area contributed by atoms with Crippen molar-refractivity contribution in [2.45, 2.75) is 0 Å². The van der Waals surface area contributed by atoms with E-state index >= 15 is 0 Å². The third-order valence-electron chi connectivity index (χ3n) is 1.17. The third-order valence-corrected chi connectivity index (χ3v) is 2.69. The molecule has 0 amide bonds. The van der Waals surface area contributed by atoms with E-state index in [1.807, 2.05) is 0 Å². The summed E-state index contributed by atoms with van der Waals surface area (Å²) in [5.74, 6) is 0. The first-order valence-corrected chi connectivity index (χ1v) is 5.27. The van der Waals surface area contributed by atoms with Crippen molar-refractivity contribution >= 4 is 29.2 Å². The highest BCUT2D eigenvalue weighted by molar-refractivity contribution is 9.10. The smallest absolute Gasteiger partial charge is 0.189 e. The zero-order valence-corrected chi connectivity index (χ0v) is 7.96. The molecule has 0 aliphatic rings. The molecule has 0 aromatic heterocycles. The molecule has 5 heteroatoms. The third kappa shape index (κ3) is 2.51. The summed E-state index contributed by atoms with van der Waals surface area (Å²) in [6, 6.07) is 6.18. The minimum atomic E-state index is -3.81. The van der Waals surface area contributed by atoms with Gasteiger partial charge in [0.1, 0.15) is 0 Å². The standard InChI is InChI=1S/C6H7BrO3P/c7-5-1-3-6(4-2-5)11(8,9)10/h1-4,8-10H/q+1. The summed E-state index contributed by atoms with van der Waals surface area (Å²) in [7, 11) is -3.81. The van der Waals surface area contributed by atoms with Crippen LogP contribution in [0.3, 0.4) is 0 Å². The minimum Gasteiger partial charge on any atom is -0.189 e. The topological polar surface area (TPSA) is 60.7 Å². The Balaban J connectivity index is 2.99. The van der Waals surface area contributed by atoms with E-state index in [1.165, 1.54) is 12.1 Å². The Labute approximate surface area is 73.0 Å². The predicted molar refractivity (Wildman–Crippen MR) is 47.4 cm³/mol. The fourth-order valence-electron chi connectivity index (χ4n) is 0.641. The largest absolute Gasteiger partial charge is 0.440 e. The van der Waals surface area contributed by atoms with Crippen molar-refractivity contribution in [1.82, 2.24) is 0 Å². The van der Waals surface area contributed by atoms with Gasteiger partial charge < -0.3 is 0 Å². The highest BCUT2D eigenvalue weighted by Crippen LogP contribution is 2.42. The van der Waals surface area contributed by atoms with Gasteiger partial charge in [0, 0.05) is 4.47 Å². The molecule has 0 spiro atoms. The zero-order chi connectivity index (χ0) is 8.48. The summed E-state index contributed by atoms with van der Waals surface area (Å²) in [5.41, 5.74) is 0. The second-order valence-electron chi connectivity index (χ2n) is 2.04. The molecule has 0 aliphatic heterocycles. The van der Waals surface area contributed by atoms with Crippen LogP contribution in [0.5, 0.6) is 0 Å². The molecule has 1 aromatic carbocycles. The monoisotopic (exact) mass is 237 g/mol. The van der Waals surface area contributed by atoms with Crippen LogP contribution in [0.25, 0.3) is 0 Å². The van der Waals surface area contributed by atoms with E-state index in [-0.39, 0.29) is 5.30 Å². The second-order valence-corrected chi connectivity index (χ2v) is 4.61. The summed E-state index contributed by atoms with van der Waals surface area (Å²) < 4.78 is 0.828. The number of rotatable bonds is 1. The van der Waals surface area contributed by atoms with Gasteiger partial charge in [-0.1, -0.05) is 15.9 Å². The SMILES string of the molecule is O[P+](O)(O)c1ccc(Br)cc1. The lowest BCUT2D eigenvalue weighted by Gasteiger charge is -2.01. The molecular weight excluding hydrogens is 231 g/mol. The molecule has 0 saturated carbocycles. The number of hydrogen-bond acceptors (Lipinski definition) is 3. The van der Waals surface area contributed by atoms with E-state index in [4.69, 9.17) is 14.7 Å². The first-order valence-electron chi connectivity index (χ1n) is 2.83. The Morgan fingerprint density at radius 1 is 1.00 bits per heavy atom. The Morgan fingerprint density at radius 2 is 1.45 bits per heavy atom. The van der Waals surface area contributed by atoms with Crippen molar-refractivity contribution < 1.29 is 14.7 Å². The molecule has 3 nitrogen and oxygen atoms in total. The van der Waals surface area contributed by atoms with E-state index in [9.17, 15) is 0 Å². The lowest BCUT2D eigenvalue weighted by atomic mass is 10.4. The minimum absolute atomic E-state index is 0.153. The molecule has 1 rings (SSSR count). The number of halogens is 1. The van der Waals surface area contributed by atoms with Gasteiger partial charge in [0.15, 0.2) is 5.30 Å². The van der Waals surface area contributed by atoms with Gasteiger partial charge in [-0.25, -0.2) is 0 Å². The van der Waals surface area contributed by atoms with Gasteiger partial charge in [0.25, 0.3) is 0 Å². The van der Waals surface area contributed by atoms with Crippen molar-refractivity contribution in [1.29, 1.82) is 0 Å². The van der Waals surface area contributed by atoms with Crippen molar-refractivity contribution in [2.24, 2.45) is 0 Å². The quantitative estimate of drug-likeness (QED) is 0.634. The fraction of sp³-hybridized carbons (Fsp3) is 0. The lowest BCUT2D eigenvalue weighted by Crippen LogP contribution is -2.08. The van der Waals surface area contributed by atoms with Gasteiger partial charge in [0.05, 0.1) is 0 Å². The fourth-order valence-corrected chi connectivity index (χ4v) is 1.45. The molecule has 11 heavy (non-hydrogen) atoms. The van der Waals surface area contributed by atoms with Gasteiger partial charge in [-0.15, -0.1) is 0 Å². The summed E-state index contributed by atoms with van der Waals surface area (Å²) in [6.07, 6.45) is 0. The van der Waals surface area contributed by atoms with E-state index < -0.39 is 7.94 Å². The van der Waals surface area contributed by atoms with Gasteiger partial charge in [-0.2, -0.15) is 14.7 Å². The van der Waals surface area contributed by atoms with E-state index in [2.05, 4.69) is 15.9 Å². The normalized spacial score (nSPS) is 11.6. The maximum atomic E-state index is 8.79. The van der Waals surface area contributed by atoms with Crippen molar-refractivity contribution in [2.75, 3.05) is 0 Å². The van der Waals surface area contributed by atoms with Crippen LogP contribution in [0.1, 0.15) is 0 Å². The van der Waals surface area contributed by atoms with Gasteiger partial charge in [-0.05, 0) is 24.3 Å². The maximum Gasteiger partial charge on any atom is 0.440 e. The van der Waals surface area contributed by atoms with Crippen LogP contribution in [0, 0.1) is 0 Å².